The number of aromatic hydroxyl groups is 1. The van der Waals surface area contributed by atoms with Crippen LogP contribution in [0.2, 0.25) is 0 Å². The molecule has 1 amide bonds. The van der Waals surface area contributed by atoms with Gasteiger partial charge in [-0.3, -0.25) is 14.4 Å². The van der Waals surface area contributed by atoms with Crippen molar-refractivity contribution in [3.63, 3.8) is 0 Å². The number of carbonyl (C=O) groups excluding carboxylic acids is 3. The van der Waals surface area contributed by atoms with E-state index in [0.717, 1.165) is 0 Å². The minimum absolute atomic E-state index is 0.0382. The first kappa shape index (κ1) is 19.2. The fourth-order valence-corrected chi connectivity index (χ4v) is 3.19. The Morgan fingerprint density at radius 3 is 2.64 bits per heavy atom. The molecule has 3 rings (SSSR count). The number of ether oxygens (including phenoxy) is 3. The molecule has 0 bridgehead atoms. The first-order valence-corrected chi connectivity index (χ1v) is 8.48. The van der Waals surface area contributed by atoms with Gasteiger partial charge in [-0.05, 0) is 36.8 Å². The third kappa shape index (κ3) is 3.62. The molecule has 0 aliphatic carbocycles. The molecule has 0 saturated carbocycles. The number of Topliss-reactive ketones (excluding diaryl/α,β-unsaturated/α-hetero) is 1. The monoisotopic (exact) mass is 385 g/mol. The van der Waals surface area contributed by atoms with Crippen LogP contribution < -0.4 is 19.9 Å². The molecule has 0 aromatic heterocycles. The Labute approximate surface area is 160 Å². The number of rotatable bonds is 6. The number of primary amides is 1. The number of phenols is 1. The minimum atomic E-state index is -0.650. The van der Waals surface area contributed by atoms with Crippen molar-refractivity contribution in [1.82, 2.24) is 0 Å². The summed E-state index contributed by atoms with van der Waals surface area (Å²) < 4.78 is 15.8. The van der Waals surface area contributed by atoms with E-state index in [1.807, 2.05) is 0 Å². The summed E-state index contributed by atoms with van der Waals surface area (Å²) >= 11 is 0. The standard InChI is InChI=1S/C20H19NO7/c1-10(22)12-4-6-15-19(20(12)25)13(8-18(24)28-15)11-3-5-14(26-2)16(7-11)27-9-17(21)23/h3-7,13,25H,8-9H2,1-2H3,(H2,21,23). The number of nitrogens with two attached hydrogens (primary N) is 1. The van der Waals surface area contributed by atoms with Gasteiger partial charge in [0, 0.05) is 11.5 Å². The minimum Gasteiger partial charge on any atom is -0.507 e. The van der Waals surface area contributed by atoms with Gasteiger partial charge in [0.2, 0.25) is 0 Å². The van der Waals surface area contributed by atoms with Crippen molar-refractivity contribution in [1.29, 1.82) is 0 Å². The molecule has 1 atom stereocenters. The number of benzene rings is 2. The van der Waals surface area contributed by atoms with Gasteiger partial charge in [0.05, 0.1) is 19.1 Å². The first-order valence-electron chi connectivity index (χ1n) is 8.48. The molecule has 1 unspecified atom stereocenters. The molecule has 0 radical (unpaired) electrons. The van der Waals surface area contributed by atoms with Crippen LogP contribution in [-0.4, -0.2) is 36.5 Å². The second kappa shape index (κ2) is 7.59. The van der Waals surface area contributed by atoms with Gasteiger partial charge >= 0.3 is 5.97 Å². The lowest BCUT2D eigenvalue weighted by atomic mass is 9.84. The van der Waals surface area contributed by atoms with Crippen molar-refractivity contribution in [3.05, 3.63) is 47.0 Å². The van der Waals surface area contributed by atoms with Crippen LogP contribution in [0.25, 0.3) is 0 Å². The molecule has 1 heterocycles. The van der Waals surface area contributed by atoms with Crippen molar-refractivity contribution in [2.24, 2.45) is 5.73 Å². The Balaban J connectivity index is 2.10. The van der Waals surface area contributed by atoms with Gasteiger partial charge in [-0.2, -0.15) is 0 Å². The number of hydrogen-bond donors (Lipinski definition) is 2. The quantitative estimate of drug-likeness (QED) is 0.442. The molecule has 8 heteroatoms. The van der Waals surface area contributed by atoms with E-state index in [2.05, 4.69) is 0 Å². The molecule has 0 spiro atoms. The topological polar surface area (TPSA) is 125 Å². The maximum Gasteiger partial charge on any atom is 0.312 e. The number of hydrogen-bond acceptors (Lipinski definition) is 7. The Bertz CT molecular complexity index is 967. The largest absolute Gasteiger partial charge is 0.507 e. The summed E-state index contributed by atoms with van der Waals surface area (Å²) in [5.74, 6) is -1.39. The summed E-state index contributed by atoms with van der Waals surface area (Å²) in [6.45, 7) is 0.997. The lowest BCUT2D eigenvalue weighted by molar-refractivity contribution is -0.135. The lowest BCUT2D eigenvalue weighted by Crippen LogP contribution is -2.22. The number of phenolic OH excluding ortho intramolecular Hbond substituents is 1. The van der Waals surface area contributed by atoms with Crippen molar-refractivity contribution in [2.45, 2.75) is 19.3 Å². The molecule has 0 saturated heterocycles. The normalized spacial score (nSPS) is 15.4. The maximum atomic E-state index is 12.1. The highest BCUT2D eigenvalue weighted by molar-refractivity contribution is 5.98. The molecular formula is C20H19NO7. The predicted octanol–water partition coefficient (Wildman–Crippen LogP) is 1.91. The molecule has 2 aromatic carbocycles. The van der Waals surface area contributed by atoms with E-state index in [0.29, 0.717) is 16.9 Å². The Hall–Kier alpha value is -3.55. The number of carbonyl (C=O) groups is 3. The van der Waals surface area contributed by atoms with Crippen LogP contribution in [0.4, 0.5) is 0 Å². The van der Waals surface area contributed by atoms with Gasteiger partial charge in [-0.1, -0.05) is 6.07 Å². The van der Waals surface area contributed by atoms with Crippen molar-refractivity contribution in [2.75, 3.05) is 13.7 Å². The average molecular weight is 385 g/mol. The molecule has 0 fully saturated rings. The predicted molar refractivity (Wildman–Crippen MR) is 97.9 cm³/mol. The number of amides is 1. The van der Waals surface area contributed by atoms with E-state index < -0.39 is 17.8 Å². The van der Waals surface area contributed by atoms with Crippen LogP contribution in [0.5, 0.6) is 23.0 Å². The molecule has 28 heavy (non-hydrogen) atoms. The number of esters is 1. The molecule has 8 nitrogen and oxygen atoms in total. The van der Waals surface area contributed by atoms with E-state index >= 15 is 0 Å². The highest BCUT2D eigenvalue weighted by Gasteiger charge is 2.33. The zero-order valence-electron chi connectivity index (χ0n) is 15.4. The maximum absolute atomic E-state index is 12.1. The van der Waals surface area contributed by atoms with Crippen molar-refractivity contribution >= 4 is 17.7 Å². The van der Waals surface area contributed by atoms with Crippen LogP contribution >= 0.6 is 0 Å². The highest BCUT2D eigenvalue weighted by Crippen LogP contribution is 2.46. The van der Waals surface area contributed by atoms with Crippen LogP contribution in [0.15, 0.2) is 30.3 Å². The Morgan fingerprint density at radius 2 is 2.00 bits per heavy atom. The summed E-state index contributed by atoms with van der Waals surface area (Å²) in [6.07, 6.45) is -0.0382. The van der Waals surface area contributed by atoms with Crippen LogP contribution in [0.1, 0.15) is 40.7 Å². The van der Waals surface area contributed by atoms with Crippen molar-refractivity contribution < 1.29 is 33.7 Å². The zero-order valence-corrected chi connectivity index (χ0v) is 15.4. The number of ketones is 1. The Morgan fingerprint density at radius 1 is 1.25 bits per heavy atom. The zero-order chi connectivity index (χ0) is 20.4. The van der Waals surface area contributed by atoms with E-state index in [-0.39, 0.29) is 41.6 Å². The molecule has 2 aromatic rings. The number of methoxy groups -OCH3 is 1. The summed E-state index contributed by atoms with van der Waals surface area (Å²) in [5.41, 5.74) is 6.23. The van der Waals surface area contributed by atoms with Gasteiger partial charge in [0.1, 0.15) is 11.5 Å². The SMILES string of the molecule is COc1ccc(C2CC(=O)Oc3ccc(C(C)=O)c(O)c32)cc1OCC(N)=O. The summed E-state index contributed by atoms with van der Waals surface area (Å²) in [6, 6.07) is 7.85. The molecule has 3 N–H and O–H groups in total. The van der Waals surface area contributed by atoms with Crippen LogP contribution in [0.3, 0.4) is 0 Å². The average Bonchev–Trinajstić information content (AvgIpc) is 2.65. The second-order valence-electron chi connectivity index (χ2n) is 6.33. The summed E-state index contributed by atoms with van der Waals surface area (Å²) in [4.78, 5) is 34.9. The van der Waals surface area contributed by atoms with Gasteiger partial charge in [-0.25, -0.2) is 0 Å². The molecule has 146 valence electrons. The third-order valence-corrected chi connectivity index (χ3v) is 4.46. The smallest absolute Gasteiger partial charge is 0.312 e. The Kier molecular flexibility index (Phi) is 5.21. The van der Waals surface area contributed by atoms with E-state index in [1.54, 1.807) is 18.2 Å². The molecule has 1 aliphatic heterocycles. The van der Waals surface area contributed by atoms with Gasteiger partial charge < -0.3 is 25.1 Å². The number of fused-ring (bicyclic) bond motifs is 1. The fourth-order valence-electron chi connectivity index (χ4n) is 3.19. The van der Waals surface area contributed by atoms with Gasteiger partial charge in [0.15, 0.2) is 23.9 Å². The summed E-state index contributed by atoms with van der Waals surface area (Å²) in [7, 11) is 1.45. The fraction of sp³-hybridized carbons (Fsp3) is 0.250. The molecule has 1 aliphatic rings. The van der Waals surface area contributed by atoms with E-state index in [9.17, 15) is 19.5 Å². The van der Waals surface area contributed by atoms with Crippen molar-refractivity contribution in [3.8, 4) is 23.0 Å². The van der Waals surface area contributed by atoms with E-state index in [4.69, 9.17) is 19.9 Å². The second-order valence-corrected chi connectivity index (χ2v) is 6.33. The lowest BCUT2D eigenvalue weighted by Gasteiger charge is -2.27. The van der Waals surface area contributed by atoms with Gasteiger partial charge in [0.25, 0.3) is 5.91 Å². The summed E-state index contributed by atoms with van der Waals surface area (Å²) in [5, 5.41) is 10.6. The van der Waals surface area contributed by atoms with Gasteiger partial charge in [-0.15, -0.1) is 0 Å². The first-order chi connectivity index (χ1) is 13.3. The molecular weight excluding hydrogens is 366 g/mol. The van der Waals surface area contributed by atoms with Crippen LogP contribution in [0, 0.1) is 0 Å². The third-order valence-electron chi connectivity index (χ3n) is 4.46. The van der Waals surface area contributed by atoms with E-state index in [1.165, 1.54) is 26.2 Å². The highest BCUT2D eigenvalue weighted by atomic mass is 16.5. The van der Waals surface area contributed by atoms with Crippen LogP contribution in [-0.2, 0) is 9.59 Å².